The van der Waals surface area contributed by atoms with E-state index in [2.05, 4.69) is 15.0 Å². The van der Waals surface area contributed by atoms with E-state index in [0.29, 0.717) is 16.9 Å². The quantitative estimate of drug-likeness (QED) is 0.690. The summed E-state index contributed by atoms with van der Waals surface area (Å²) in [4.78, 5) is 13.2. The Morgan fingerprint density at radius 2 is 1.57 bits per heavy atom. The van der Waals surface area contributed by atoms with E-state index in [1.807, 2.05) is 36.4 Å². The SMILES string of the molecule is COc1cc(OC)nc(Sc2ccc3ccccc3n2)n1. The summed E-state index contributed by atoms with van der Waals surface area (Å²) in [6.45, 7) is 0. The molecule has 3 rings (SSSR count). The smallest absolute Gasteiger partial charge is 0.220 e. The van der Waals surface area contributed by atoms with Crippen molar-refractivity contribution >= 4 is 22.7 Å². The van der Waals surface area contributed by atoms with Crippen LogP contribution in [0.1, 0.15) is 0 Å². The van der Waals surface area contributed by atoms with Crippen LogP contribution in [0.15, 0.2) is 52.6 Å². The molecule has 0 saturated heterocycles. The van der Waals surface area contributed by atoms with Gasteiger partial charge < -0.3 is 9.47 Å². The maximum absolute atomic E-state index is 5.14. The summed E-state index contributed by atoms with van der Waals surface area (Å²) < 4.78 is 10.3. The topological polar surface area (TPSA) is 57.1 Å². The first-order valence-electron chi connectivity index (χ1n) is 6.29. The molecule has 0 N–H and O–H groups in total. The van der Waals surface area contributed by atoms with Crippen LogP contribution in [0.25, 0.3) is 10.9 Å². The molecule has 0 aliphatic carbocycles. The summed E-state index contributed by atoms with van der Waals surface area (Å²) >= 11 is 1.37. The van der Waals surface area contributed by atoms with Gasteiger partial charge in [0.05, 0.1) is 25.8 Å². The molecule has 0 spiro atoms. The molecule has 21 heavy (non-hydrogen) atoms. The predicted molar refractivity (Wildman–Crippen MR) is 81.0 cm³/mol. The van der Waals surface area contributed by atoms with Gasteiger partial charge in [-0.05, 0) is 23.9 Å². The van der Waals surface area contributed by atoms with Crippen molar-refractivity contribution in [2.24, 2.45) is 0 Å². The number of fused-ring (bicyclic) bond motifs is 1. The number of benzene rings is 1. The molecule has 1 aromatic carbocycles. The van der Waals surface area contributed by atoms with Crippen LogP contribution in [0.4, 0.5) is 0 Å². The molecule has 6 heteroatoms. The van der Waals surface area contributed by atoms with Crippen LogP contribution in [0, 0.1) is 0 Å². The van der Waals surface area contributed by atoms with Crippen molar-refractivity contribution < 1.29 is 9.47 Å². The van der Waals surface area contributed by atoms with Crippen molar-refractivity contribution in [1.29, 1.82) is 0 Å². The lowest BCUT2D eigenvalue weighted by Gasteiger charge is -2.06. The van der Waals surface area contributed by atoms with Crippen LogP contribution in [0.3, 0.4) is 0 Å². The van der Waals surface area contributed by atoms with Gasteiger partial charge in [0, 0.05) is 5.39 Å². The highest BCUT2D eigenvalue weighted by molar-refractivity contribution is 7.99. The van der Waals surface area contributed by atoms with E-state index in [-0.39, 0.29) is 0 Å². The van der Waals surface area contributed by atoms with E-state index >= 15 is 0 Å². The van der Waals surface area contributed by atoms with Crippen molar-refractivity contribution in [3.8, 4) is 11.8 Å². The molecule has 0 saturated carbocycles. The van der Waals surface area contributed by atoms with Gasteiger partial charge in [0.25, 0.3) is 0 Å². The number of rotatable bonds is 4. The summed E-state index contributed by atoms with van der Waals surface area (Å²) in [7, 11) is 3.12. The van der Waals surface area contributed by atoms with Gasteiger partial charge in [-0.1, -0.05) is 24.3 Å². The maximum Gasteiger partial charge on any atom is 0.220 e. The first-order valence-corrected chi connectivity index (χ1v) is 7.11. The van der Waals surface area contributed by atoms with Crippen LogP contribution in [0.5, 0.6) is 11.8 Å². The number of aromatic nitrogens is 3. The van der Waals surface area contributed by atoms with Gasteiger partial charge in [0.15, 0.2) is 0 Å². The lowest BCUT2D eigenvalue weighted by molar-refractivity contribution is 0.364. The summed E-state index contributed by atoms with van der Waals surface area (Å²) in [5.41, 5.74) is 0.942. The van der Waals surface area contributed by atoms with Crippen molar-refractivity contribution in [2.75, 3.05) is 14.2 Å². The average Bonchev–Trinajstić information content (AvgIpc) is 2.54. The number of methoxy groups -OCH3 is 2. The second-order valence-electron chi connectivity index (χ2n) is 4.18. The number of pyridine rings is 1. The van der Waals surface area contributed by atoms with Crippen molar-refractivity contribution in [3.63, 3.8) is 0 Å². The van der Waals surface area contributed by atoms with Crippen LogP contribution in [-0.2, 0) is 0 Å². The van der Waals surface area contributed by atoms with E-state index in [1.54, 1.807) is 20.3 Å². The largest absolute Gasteiger partial charge is 0.481 e. The third-order valence-corrected chi connectivity index (χ3v) is 3.65. The van der Waals surface area contributed by atoms with Crippen LogP contribution in [0.2, 0.25) is 0 Å². The molecule has 0 bridgehead atoms. The average molecular weight is 299 g/mol. The highest BCUT2D eigenvalue weighted by atomic mass is 32.2. The molecule has 5 nitrogen and oxygen atoms in total. The molecule has 2 heterocycles. The number of hydrogen-bond donors (Lipinski definition) is 0. The molecule has 0 aliphatic rings. The van der Waals surface area contributed by atoms with Gasteiger partial charge >= 0.3 is 0 Å². The lowest BCUT2D eigenvalue weighted by Crippen LogP contribution is -1.96. The second-order valence-corrected chi connectivity index (χ2v) is 5.17. The standard InChI is InChI=1S/C15H13N3O2S/c1-19-12-9-13(20-2)18-15(17-12)21-14-8-7-10-5-3-4-6-11(10)16-14/h3-9H,1-2H3. The highest BCUT2D eigenvalue weighted by Crippen LogP contribution is 2.28. The number of para-hydroxylation sites is 1. The normalized spacial score (nSPS) is 10.6. The Morgan fingerprint density at radius 3 is 2.29 bits per heavy atom. The Morgan fingerprint density at radius 1 is 0.857 bits per heavy atom. The summed E-state index contributed by atoms with van der Waals surface area (Å²) in [5, 5.41) is 2.46. The van der Waals surface area contributed by atoms with E-state index in [9.17, 15) is 0 Å². The fraction of sp³-hybridized carbons (Fsp3) is 0.133. The third kappa shape index (κ3) is 3.05. The Hall–Kier alpha value is -2.34. The minimum Gasteiger partial charge on any atom is -0.481 e. The molecule has 0 amide bonds. The summed E-state index contributed by atoms with van der Waals surface area (Å²) in [6, 6.07) is 13.6. The Kier molecular flexibility index (Phi) is 3.87. The summed E-state index contributed by atoms with van der Waals surface area (Å²) in [6.07, 6.45) is 0. The minimum atomic E-state index is 0.463. The monoisotopic (exact) mass is 299 g/mol. The zero-order valence-electron chi connectivity index (χ0n) is 11.6. The lowest BCUT2D eigenvalue weighted by atomic mass is 10.2. The zero-order chi connectivity index (χ0) is 14.7. The molecule has 106 valence electrons. The number of hydrogen-bond acceptors (Lipinski definition) is 6. The van der Waals surface area contributed by atoms with Crippen molar-refractivity contribution in [1.82, 2.24) is 15.0 Å². The molecular weight excluding hydrogens is 286 g/mol. The molecule has 0 atom stereocenters. The van der Waals surface area contributed by atoms with E-state index < -0.39 is 0 Å². The Labute approximate surface area is 126 Å². The van der Waals surface area contributed by atoms with Crippen LogP contribution < -0.4 is 9.47 Å². The Bertz CT molecular complexity index is 757. The van der Waals surface area contributed by atoms with Gasteiger partial charge in [-0.25, -0.2) is 4.98 Å². The molecule has 0 radical (unpaired) electrons. The first-order chi connectivity index (χ1) is 10.3. The zero-order valence-corrected chi connectivity index (χ0v) is 12.4. The van der Waals surface area contributed by atoms with E-state index in [4.69, 9.17) is 9.47 Å². The molecule has 2 aromatic heterocycles. The van der Waals surface area contributed by atoms with Gasteiger partial charge in [0.1, 0.15) is 5.03 Å². The predicted octanol–water partition coefficient (Wildman–Crippen LogP) is 3.19. The molecule has 0 aliphatic heterocycles. The molecule has 0 fully saturated rings. The van der Waals surface area contributed by atoms with E-state index in [0.717, 1.165) is 15.9 Å². The van der Waals surface area contributed by atoms with Crippen LogP contribution >= 0.6 is 11.8 Å². The van der Waals surface area contributed by atoms with Crippen LogP contribution in [-0.4, -0.2) is 29.2 Å². The second kappa shape index (κ2) is 5.97. The maximum atomic E-state index is 5.14. The van der Waals surface area contributed by atoms with Gasteiger partial charge in [-0.15, -0.1) is 0 Å². The minimum absolute atomic E-state index is 0.463. The van der Waals surface area contributed by atoms with Gasteiger partial charge in [-0.3, -0.25) is 0 Å². The molecular formula is C15H13N3O2S. The fourth-order valence-corrected chi connectivity index (χ4v) is 2.57. The number of nitrogens with zero attached hydrogens (tertiary/aromatic N) is 3. The number of ether oxygens (including phenoxy) is 2. The van der Waals surface area contributed by atoms with Gasteiger partial charge in [-0.2, -0.15) is 9.97 Å². The van der Waals surface area contributed by atoms with E-state index in [1.165, 1.54) is 11.8 Å². The molecule has 3 aromatic rings. The Balaban J connectivity index is 1.94. The first kappa shape index (κ1) is 13.6. The van der Waals surface area contributed by atoms with Crippen molar-refractivity contribution in [3.05, 3.63) is 42.5 Å². The van der Waals surface area contributed by atoms with Gasteiger partial charge in [0.2, 0.25) is 16.9 Å². The highest BCUT2D eigenvalue weighted by Gasteiger charge is 2.08. The third-order valence-electron chi connectivity index (χ3n) is 2.85. The summed E-state index contributed by atoms with van der Waals surface area (Å²) in [5.74, 6) is 0.926. The van der Waals surface area contributed by atoms with Crippen molar-refractivity contribution in [2.45, 2.75) is 10.2 Å². The molecule has 0 unspecified atom stereocenters. The fourth-order valence-electron chi connectivity index (χ4n) is 1.84.